The molecule has 3 rings (SSSR count). The van der Waals surface area contributed by atoms with Gasteiger partial charge >= 0.3 is 17.6 Å². The third kappa shape index (κ3) is 6.48. The number of anilines is 1. The lowest BCUT2D eigenvalue weighted by Gasteiger charge is -2.16. The Hall–Kier alpha value is -4.19. The van der Waals surface area contributed by atoms with E-state index < -0.39 is 60.1 Å². The van der Waals surface area contributed by atoms with Crippen molar-refractivity contribution >= 4 is 39.5 Å². The number of ketones is 1. The number of nitrogens with two attached hydrogens (primary N) is 1. The maximum atomic E-state index is 13.0. The van der Waals surface area contributed by atoms with Crippen molar-refractivity contribution in [1.82, 2.24) is 9.13 Å². The highest BCUT2D eigenvalue weighted by Crippen LogP contribution is 2.16. The fourth-order valence-electron chi connectivity index (χ4n) is 3.16. The van der Waals surface area contributed by atoms with E-state index in [9.17, 15) is 24.0 Å². The van der Waals surface area contributed by atoms with E-state index in [4.69, 9.17) is 15.2 Å². The molecule has 0 atom stereocenters. The molecule has 0 aliphatic rings. The molecule has 0 saturated carbocycles. The van der Waals surface area contributed by atoms with Crippen molar-refractivity contribution in [1.29, 1.82) is 0 Å². The van der Waals surface area contributed by atoms with Gasteiger partial charge < -0.3 is 19.9 Å². The van der Waals surface area contributed by atoms with Crippen LogP contribution in [-0.4, -0.2) is 47.2 Å². The smallest absolute Gasteiger partial charge is 0.344 e. The number of halogens is 1. The summed E-state index contributed by atoms with van der Waals surface area (Å²) in [4.78, 5) is 62.7. The minimum Gasteiger partial charge on any atom is -0.482 e. The van der Waals surface area contributed by atoms with Gasteiger partial charge in [0, 0.05) is 4.47 Å². The first-order valence-electron chi connectivity index (χ1n) is 10.5. The molecular formula is C24H22BrN3O8. The summed E-state index contributed by atoms with van der Waals surface area (Å²) in [5.74, 6) is -2.70. The fourth-order valence-corrected chi connectivity index (χ4v) is 3.43. The molecule has 188 valence electrons. The number of carbonyl (C=O) groups excluding carboxylic acids is 3. The Morgan fingerprint density at radius 2 is 1.58 bits per heavy atom. The zero-order valence-corrected chi connectivity index (χ0v) is 20.7. The highest BCUT2D eigenvalue weighted by atomic mass is 79.9. The van der Waals surface area contributed by atoms with Gasteiger partial charge in [-0.25, -0.2) is 14.2 Å². The van der Waals surface area contributed by atoms with Crippen LogP contribution in [0.2, 0.25) is 0 Å². The molecule has 0 amide bonds. The number of carbonyl (C=O) groups is 3. The molecular weight excluding hydrogens is 538 g/mol. The molecule has 0 bridgehead atoms. The molecule has 2 N–H and O–H groups in total. The largest absolute Gasteiger partial charge is 0.482 e. The second-order valence-electron chi connectivity index (χ2n) is 7.41. The molecule has 0 spiro atoms. The molecule has 0 aliphatic heterocycles. The van der Waals surface area contributed by atoms with Crippen LogP contribution in [0.3, 0.4) is 0 Å². The van der Waals surface area contributed by atoms with Crippen LogP contribution in [0.25, 0.3) is 0 Å². The predicted molar refractivity (Wildman–Crippen MR) is 132 cm³/mol. The second kappa shape index (κ2) is 12.0. The number of ether oxygens (including phenoxy) is 3. The van der Waals surface area contributed by atoms with Crippen molar-refractivity contribution in [2.75, 3.05) is 26.1 Å². The molecule has 11 nitrogen and oxygen atoms in total. The maximum Gasteiger partial charge on any atom is 0.344 e. The van der Waals surface area contributed by atoms with Gasteiger partial charge in [0.1, 0.15) is 23.7 Å². The molecule has 12 heteroatoms. The first-order valence-corrected chi connectivity index (χ1v) is 11.3. The van der Waals surface area contributed by atoms with Crippen molar-refractivity contribution in [3.63, 3.8) is 0 Å². The SMILES string of the molecule is COC(=O)Cn1c(=O)c(C(=O)COC(=O)COc2ccc(Br)cc2)c(N)n(Cc2ccccc2)c1=O. The molecule has 1 aromatic heterocycles. The minimum absolute atomic E-state index is 0.0753. The normalized spacial score (nSPS) is 10.5. The highest BCUT2D eigenvalue weighted by molar-refractivity contribution is 9.10. The Morgan fingerprint density at radius 1 is 0.917 bits per heavy atom. The Kier molecular flexibility index (Phi) is 8.79. The minimum atomic E-state index is -1.10. The van der Waals surface area contributed by atoms with Gasteiger partial charge in [-0.1, -0.05) is 46.3 Å². The first kappa shape index (κ1) is 26.4. The van der Waals surface area contributed by atoms with Crippen LogP contribution in [0.1, 0.15) is 15.9 Å². The first-order chi connectivity index (χ1) is 17.2. The van der Waals surface area contributed by atoms with Gasteiger partial charge in [-0.05, 0) is 29.8 Å². The third-order valence-corrected chi connectivity index (χ3v) is 5.51. The number of aromatic nitrogens is 2. The van der Waals surface area contributed by atoms with E-state index in [0.717, 1.165) is 16.1 Å². The lowest BCUT2D eigenvalue weighted by Crippen LogP contribution is -2.46. The highest BCUT2D eigenvalue weighted by Gasteiger charge is 2.25. The van der Waals surface area contributed by atoms with E-state index in [1.165, 1.54) is 0 Å². The summed E-state index contributed by atoms with van der Waals surface area (Å²) in [6.07, 6.45) is 0. The van der Waals surface area contributed by atoms with E-state index in [0.29, 0.717) is 15.9 Å². The van der Waals surface area contributed by atoms with E-state index in [-0.39, 0.29) is 6.54 Å². The zero-order valence-electron chi connectivity index (χ0n) is 19.1. The summed E-state index contributed by atoms with van der Waals surface area (Å²) in [5, 5.41) is 0. The monoisotopic (exact) mass is 559 g/mol. The second-order valence-corrected chi connectivity index (χ2v) is 8.32. The maximum absolute atomic E-state index is 13.0. The van der Waals surface area contributed by atoms with Crippen molar-refractivity contribution in [3.05, 3.63) is 91.0 Å². The number of nitrogens with zero attached hydrogens (tertiary/aromatic N) is 2. The van der Waals surface area contributed by atoms with E-state index >= 15 is 0 Å². The number of nitrogen functional groups attached to an aromatic ring is 1. The number of hydrogen-bond donors (Lipinski definition) is 1. The molecule has 0 radical (unpaired) electrons. The van der Waals surface area contributed by atoms with E-state index in [2.05, 4.69) is 20.7 Å². The number of rotatable bonds is 10. The number of esters is 2. The number of Topliss-reactive ketones (excluding diaryl/α,β-unsaturated/α-hetero) is 1. The quantitative estimate of drug-likeness (QED) is 0.287. The summed E-state index contributed by atoms with van der Waals surface area (Å²) < 4.78 is 17.2. The van der Waals surface area contributed by atoms with Gasteiger partial charge in [-0.2, -0.15) is 0 Å². The molecule has 1 heterocycles. The van der Waals surface area contributed by atoms with Crippen LogP contribution < -0.4 is 21.7 Å². The molecule has 36 heavy (non-hydrogen) atoms. The van der Waals surface area contributed by atoms with Crippen molar-refractivity contribution in [2.45, 2.75) is 13.1 Å². The van der Waals surface area contributed by atoms with Crippen LogP contribution in [0, 0.1) is 0 Å². The van der Waals surface area contributed by atoms with Crippen molar-refractivity contribution < 1.29 is 28.6 Å². The standard InChI is InChI=1S/C24H22BrN3O8/c1-34-19(30)12-28-23(32)21(22(26)27(24(28)33)11-15-5-3-2-4-6-15)18(29)13-36-20(31)14-35-17-9-7-16(25)8-10-17/h2-10H,11-14,26H2,1H3. The number of hydrogen-bond acceptors (Lipinski definition) is 9. The van der Waals surface area contributed by atoms with Gasteiger partial charge in [0.25, 0.3) is 5.56 Å². The summed E-state index contributed by atoms with van der Waals surface area (Å²) in [6, 6.07) is 15.4. The Morgan fingerprint density at radius 3 is 2.22 bits per heavy atom. The Labute approximate surface area is 213 Å². The molecule has 3 aromatic rings. The third-order valence-electron chi connectivity index (χ3n) is 4.98. The predicted octanol–water partition coefficient (Wildman–Crippen LogP) is 1.38. The molecule has 0 saturated heterocycles. The van der Waals surface area contributed by atoms with Crippen LogP contribution in [-0.2, 0) is 32.2 Å². The summed E-state index contributed by atoms with van der Waals surface area (Å²) in [6.45, 7) is -2.12. The fraction of sp³-hybridized carbons (Fsp3) is 0.208. The average molecular weight is 560 g/mol. The number of methoxy groups -OCH3 is 1. The molecule has 0 unspecified atom stereocenters. The Balaban J connectivity index is 1.84. The summed E-state index contributed by atoms with van der Waals surface area (Å²) in [5.41, 5.74) is 4.14. The van der Waals surface area contributed by atoms with Gasteiger partial charge in [0.2, 0.25) is 5.78 Å². The van der Waals surface area contributed by atoms with Gasteiger partial charge in [0.05, 0.1) is 13.7 Å². The average Bonchev–Trinajstić information content (AvgIpc) is 2.88. The van der Waals surface area contributed by atoms with Gasteiger partial charge in [0.15, 0.2) is 13.2 Å². The van der Waals surface area contributed by atoms with E-state index in [1.54, 1.807) is 54.6 Å². The van der Waals surface area contributed by atoms with Gasteiger partial charge in [-0.15, -0.1) is 0 Å². The topological polar surface area (TPSA) is 149 Å². The zero-order chi connectivity index (χ0) is 26.2. The van der Waals surface area contributed by atoms with Crippen LogP contribution in [0.4, 0.5) is 5.82 Å². The lowest BCUT2D eigenvalue weighted by molar-refractivity contribution is -0.145. The molecule has 0 aliphatic carbocycles. The Bertz CT molecular complexity index is 1380. The summed E-state index contributed by atoms with van der Waals surface area (Å²) >= 11 is 3.28. The summed E-state index contributed by atoms with van der Waals surface area (Å²) in [7, 11) is 1.09. The number of benzene rings is 2. The molecule has 2 aromatic carbocycles. The van der Waals surface area contributed by atoms with Crippen LogP contribution >= 0.6 is 15.9 Å². The van der Waals surface area contributed by atoms with Crippen molar-refractivity contribution in [3.8, 4) is 5.75 Å². The van der Waals surface area contributed by atoms with Gasteiger partial charge in [-0.3, -0.25) is 19.0 Å². The van der Waals surface area contributed by atoms with Crippen LogP contribution in [0.5, 0.6) is 5.75 Å². The molecule has 0 fully saturated rings. The van der Waals surface area contributed by atoms with Crippen LogP contribution in [0.15, 0.2) is 68.7 Å². The van der Waals surface area contributed by atoms with Crippen molar-refractivity contribution in [2.24, 2.45) is 0 Å². The van der Waals surface area contributed by atoms with E-state index in [1.807, 2.05) is 0 Å². The lowest BCUT2D eigenvalue weighted by atomic mass is 10.2.